The highest BCUT2D eigenvalue weighted by atomic mass is 16.4. The predicted molar refractivity (Wildman–Crippen MR) is 105 cm³/mol. The van der Waals surface area contributed by atoms with E-state index in [9.17, 15) is 29.1 Å². The summed E-state index contributed by atoms with van der Waals surface area (Å²) in [5.74, 6) is -6.09. The van der Waals surface area contributed by atoms with Gasteiger partial charge >= 0.3 is 11.9 Å². The van der Waals surface area contributed by atoms with Gasteiger partial charge in [-0.05, 0) is 11.8 Å². The molecule has 0 saturated heterocycles. The van der Waals surface area contributed by atoms with Crippen molar-refractivity contribution in [1.29, 1.82) is 0 Å². The number of hydrogen-bond donors (Lipinski definition) is 7. The maximum absolute atomic E-state index is 12.6. The lowest BCUT2D eigenvalue weighted by Gasteiger charge is -2.28. The van der Waals surface area contributed by atoms with E-state index >= 15 is 0 Å². The SMILES string of the molecule is CCC(C)C(NC(=O)C(NC(=O)C(CC(=O)O)NC(=O)C(N)CO)C(C)C)C(=O)O. The topological polar surface area (TPSA) is 208 Å². The van der Waals surface area contributed by atoms with Crippen LogP contribution in [-0.4, -0.2) is 75.8 Å². The van der Waals surface area contributed by atoms with Gasteiger partial charge in [-0.1, -0.05) is 34.1 Å². The van der Waals surface area contributed by atoms with E-state index in [2.05, 4.69) is 16.0 Å². The number of aliphatic carboxylic acids is 2. The van der Waals surface area contributed by atoms with Crippen LogP contribution in [0.4, 0.5) is 0 Å². The minimum atomic E-state index is -1.55. The molecule has 0 aliphatic heterocycles. The van der Waals surface area contributed by atoms with Crippen molar-refractivity contribution < 1.29 is 39.3 Å². The third-order valence-electron chi connectivity index (χ3n) is 4.57. The molecule has 172 valence electrons. The number of carboxylic acid groups (broad SMARTS) is 2. The van der Waals surface area contributed by atoms with Crippen LogP contribution in [0.15, 0.2) is 0 Å². The number of carbonyl (C=O) groups is 5. The van der Waals surface area contributed by atoms with Crippen LogP contribution in [0.2, 0.25) is 0 Å². The van der Waals surface area contributed by atoms with Gasteiger partial charge in [-0.3, -0.25) is 19.2 Å². The predicted octanol–water partition coefficient (Wildman–Crippen LogP) is -1.98. The first kappa shape index (κ1) is 27.3. The maximum atomic E-state index is 12.6. The number of rotatable bonds is 13. The van der Waals surface area contributed by atoms with Gasteiger partial charge in [-0.25, -0.2) is 4.79 Å². The lowest BCUT2D eigenvalue weighted by Crippen LogP contribution is -2.59. The lowest BCUT2D eigenvalue weighted by molar-refractivity contribution is -0.144. The van der Waals surface area contributed by atoms with E-state index in [4.69, 9.17) is 15.9 Å². The summed E-state index contributed by atoms with van der Waals surface area (Å²) in [5, 5.41) is 34.1. The zero-order valence-corrected chi connectivity index (χ0v) is 17.5. The average molecular weight is 432 g/mol. The number of carbonyl (C=O) groups excluding carboxylic acids is 3. The Morgan fingerprint density at radius 2 is 1.40 bits per heavy atom. The molecule has 0 aliphatic rings. The Balaban J connectivity index is 5.45. The zero-order valence-electron chi connectivity index (χ0n) is 17.5. The maximum Gasteiger partial charge on any atom is 0.326 e. The molecule has 0 aromatic heterocycles. The van der Waals surface area contributed by atoms with E-state index in [1.54, 1.807) is 27.7 Å². The summed E-state index contributed by atoms with van der Waals surface area (Å²) in [5.41, 5.74) is 5.36. The van der Waals surface area contributed by atoms with Crippen LogP contribution in [0.5, 0.6) is 0 Å². The van der Waals surface area contributed by atoms with Crippen LogP contribution in [0.1, 0.15) is 40.5 Å². The molecule has 0 heterocycles. The summed E-state index contributed by atoms with van der Waals surface area (Å²) in [4.78, 5) is 59.5. The van der Waals surface area contributed by atoms with Crippen molar-refractivity contribution >= 4 is 29.7 Å². The molecule has 0 fully saturated rings. The second kappa shape index (κ2) is 12.8. The Bertz CT molecular complexity index is 640. The quantitative estimate of drug-likeness (QED) is 0.172. The molecule has 0 radical (unpaired) electrons. The van der Waals surface area contributed by atoms with Crippen molar-refractivity contribution in [3.05, 3.63) is 0 Å². The van der Waals surface area contributed by atoms with Gasteiger partial charge in [-0.15, -0.1) is 0 Å². The number of aliphatic hydroxyl groups excluding tert-OH is 1. The van der Waals surface area contributed by atoms with Crippen LogP contribution in [0.3, 0.4) is 0 Å². The summed E-state index contributed by atoms with van der Waals surface area (Å²) >= 11 is 0. The molecule has 5 unspecified atom stereocenters. The van der Waals surface area contributed by atoms with Crippen molar-refractivity contribution in [3.8, 4) is 0 Å². The van der Waals surface area contributed by atoms with Gasteiger partial charge in [0, 0.05) is 0 Å². The molecule has 5 atom stereocenters. The summed E-state index contributed by atoms with van der Waals surface area (Å²) < 4.78 is 0. The number of nitrogens with one attached hydrogen (secondary N) is 3. The highest BCUT2D eigenvalue weighted by Crippen LogP contribution is 2.10. The first-order valence-corrected chi connectivity index (χ1v) is 9.57. The fourth-order valence-corrected chi connectivity index (χ4v) is 2.46. The van der Waals surface area contributed by atoms with Crippen LogP contribution < -0.4 is 21.7 Å². The minimum Gasteiger partial charge on any atom is -0.481 e. The number of hydrogen-bond acceptors (Lipinski definition) is 7. The van der Waals surface area contributed by atoms with Crippen molar-refractivity contribution in [1.82, 2.24) is 16.0 Å². The Hall–Kier alpha value is -2.73. The van der Waals surface area contributed by atoms with Crippen LogP contribution in [0.25, 0.3) is 0 Å². The Labute approximate surface area is 174 Å². The van der Waals surface area contributed by atoms with Crippen molar-refractivity contribution in [2.24, 2.45) is 17.6 Å². The third-order valence-corrected chi connectivity index (χ3v) is 4.57. The van der Waals surface area contributed by atoms with Crippen molar-refractivity contribution in [3.63, 3.8) is 0 Å². The molecule has 12 heteroatoms. The molecular formula is C18H32N4O8. The molecule has 0 rings (SSSR count). The second-order valence-corrected chi connectivity index (χ2v) is 7.39. The van der Waals surface area contributed by atoms with Gasteiger partial charge in [0.2, 0.25) is 17.7 Å². The smallest absolute Gasteiger partial charge is 0.326 e. The largest absolute Gasteiger partial charge is 0.481 e. The van der Waals surface area contributed by atoms with Gasteiger partial charge in [0.1, 0.15) is 24.2 Å². The van der Waals surface area contributed by atoms with E-state index in [-0.39, 0.29) is 5.92 Å². The first-order valence-electron chi connectivity index (χ1n) is 9.57. The fraction of sp³-hybridized carbons (Fsp3) is 0.722. The number of aliphatic hydroxyl groups is 1. The van der Waals surface area contributed by atoms with Crippen molar-refractivity contribution in [2.45, 2.75) is 64.7 Å². The molecule has 30 heavy (non-hydrogen) atoms. The molecule has 12 nitrogen and oxygen atoms in total. The molecule has 0 bridgehead atoms. The van der Waals surface area contributed by atoms with E-state index in [1.807, 2.05) is 0 Å². The van der Waals surface area contributed by atoms with Gasteiger partial charge in [0.05, 0.1) is 13.0 Å². The van der Waals surface area contributed by atoms with Crippen LogP contribution in [-0.2, 0) is 24.0 Å². The monoisotopic (exact) mass is 432 g/mol. The Morgan fingerprint density at radius 1 is 0.867 bits per heavy atom. The van der Waals surface area contributed by atoms with Gasteiger partial charge in [-0.2, -0.15) is 0 Å². The lowest BCUT2D eigenvalue weighted by atomic mass is 9.97. The summed E-state index contributed by atoms with van der Waals surface area (Å²) in [6.45, 7) is 5.93. The van der Waals surface area contributed by atoms with E-state index in [1.165, 1.54) is 0 Å². The highest BCUT2D eigenvalue weighted by molar-refractivity contribution is 5.95. The molecular weight excluding hydrogens is 400 g/mol. The Kier molecular flexibility index (Phi) is 11.6. The van der Waals surface area contributed by atoms with Gasteiger partial charge < -0.3 is 37.0 Å². The van der Waals surface area contributed by atoms with Crippen LogP contribution >= 0.6 is 0 Å². The molecule has 3 amide bonds. The number of amides is 3. The van der Waals surface area contributed by atoms with Gasteiger partial charge in [0.25, 0.3) is 0 Å². The summed E-state index contributed by atoms with van der Waals surface area (Å²) in [6.07, 6.45) is -0.291. The molecule has 0 spiro atoms. The number of nitrogens with two attached hydrogens (primary N) is 1. The molecule has 0 aromatic carbocycles. The normalized spacial score (nSPS) is 16.0. The minimum absolute atomic E-state index is 0.367. The standard InChI is InChI=1S/C18H32N4O8/c1-5-9(4)14(18(29)30)22-17(28)13(8(2)3)21-16(27)11(6-12(24)25)20-15(26)10(19)7-23/h8-11,13-14,23H,5-7,19H2,1-4H3,(H,20,26)(H,21,27)(H,22,28)(H,24,25)(H,29,30). The zero-order chi connectivity index (χ0) is 23.6. The summed E-state index contributed by atoms with van der Waals surface area (Å²) in [7, 11) is 0. The van der Waals surface area contributed by atoms with E-state index in [0.717, 1.165) is 0 Å². The summed E-state index contributed by atoms with van der Waals surface area (Å²) in [6, 6.07) is -5.25. The van der Waals surface area contributed by atoms with Crippen molar-refractivity contribution in [2.75, 3.05) is 6.61 Å². The Morgan fingerprint density at radius 3 is 1.80 bits per heavy atom. The van der Waals surface area contributed by atoms with Crippen LogP contribution in [0, 0.1) is 11.8 Å². The molecule has 0 saturated carbocycles. The third kappa shape index (κ3) is 8.74. The van der Waals surface area contributed by atoms with Gasteiger partial charge in [0.15, 0.2) is 0 Å². The second-order valence-electron chi connectivity index (χ2n) is 7.39. The molecule has 0 aromatic rings. The molecule has 0 aliphatic carbocycles. The average Bonchev–Trinajstić information content (AvgIpc) is 2.66. The fourth-order valence-electron chi connectivity index (χ4n) is 2.46. The number of carboxylic acids is 2. The van der Waals surface area contributed by atoms with E-state index < -0.39 is 72.8 Å². The highest BCUT2D eigenvalue weighted by Gasteiger charge is 2.33. The molecule has 8 N–H and O–H groups in total. The van der Waals surface area contributed by atoms with E-state index in [0.29, 0.717) is 6.42 Å². The first-order chi connectivity index (χ1) is 13.8.